The summed E-state index contributed by atoms with van der Waals surface area (Å²) in [5.74, 6) is 0.309. The SMILES string of the molecule is O=C(Nc1ccc(Nc2ncnc3[nH]ccc(=O)c23)cc1)Nc1ccc(Cl)c(C(F)(F)F)c1. The van der Waals surface area contributed by atoms with Gasteiger partial charge in [0.05, 0.1) is 10.6 Å². The van der Waals surface area contributed by atoms with Gasteiger partial charge in [0.25, 0.3) is 0 Å². The number of H-pyrrole nitrogens is 1. The molecule has 0 fully saturated rings. The highest BCUT2D eigenvalue weighted by molar-refractivity contribution is 6.31. The smallest absolute Gasteiger partial charge is 0.346 e. The number of rotatable bonds is 4. The average molecular weight is 475 g/mol. The second kappa shape index (κ2) is 8.79. The zero-order valence-corrected chi connectivity index (χ0v) is 17.3. The molecule has 0 unspecified atom stereocenters. The fraction of sp³-hybridized carbons (Fsp3) is 0.0476. The van der Waals surface area contributed by atoms with Crippen LogP contribution < -0.4 is 21.4 Å². The molecule has 0 aliphatic rings. The van der Waals surface area contributed by atoms with Gasteiger partial charge in [0.15, 0.2) is 5.43 Å². The van der Waals surface area contributed by atoms with Gasteiger partial charge in [0.2, 0.25) is 0 Å². The van der Waals surface area contributed by atoms with Crippen molar-refractivity contribution in [2.24, 2.45) is 0 Å². The molecule has 2 aromatic carbocycles. The Kier molecular flexibility index (Phi) is 5.88. The van der Waals surface area contributed by atoms with E-state index in [4.69, 9.17) is 11.6 Å². The number of alkyl halides is 3. The number of hydrogen-bond acceptors (Lipinski definition) is 5. The number of benzene rings is 2. The predicted molar refractivity (Wildman–Crippen MR) is 119 cm³/mol. The third kappa shape index (κ3) is 5.04. The number of urea groups is 1. The molecule has 4 rings (SSSR count). The van der Waals surface area contributed by atoms with E-state index in [-0.39, 0.29) is 11.1 Å². The van der Waals surface area contributed by atoms with Gasteiger partial charge in [0, 0.05) is 29.3 Å². The second-order valence-corrected chi connectivity index (χ2v) is 7.17. The summed E-state index contributed by atoms with van der Waals surface area (Å²) in [6.07, 6.45) is -1.85. The van der Waals surface area contributed by atoms with E-state index in [9.17, 15) is 22.8 Å². The van der Waals surface area contributed by atoms with E-state index in [0.717, 1.165) is 12.1 Å². The van der Waals surface area contributed by atoms with Crippen LogP contribution in [-0.2, 0) is 6.18 Å². The average Bonchev–Trinajstić information content (AvgIpc) is 2.76. The normalized spacial score (nSPS) is 11.3. The Hall–Kier alpha value is -4.12. The summed E-state index contributed by atoms with van der Waals surface area (Å²) in [5.41, 5.74) is -0.0226. The van der Waals surface area contributed by atoms with E-state index in [2.05, 4.69) is 30.9 Å². The lowest BCUT2D eigenvalue weighted by atomic mass is 10.2. The molecule has 2 heterocycles. The Bertz CT molecular complexity index is 1380. The highest BCUT2D eigenvalue weighted by Crippen LogP contribution is 2.36. The van der Waals surface area contributed by atoms with Crippen LogP contribution in [0.25, 0.3) is 11.0 Å². The van der Waals surface area contributed by atoms with Crippen molar-refractivity contribution in [3.63, 3.8) is 0 Å². The van der Waals surface area contributed by atoms with Crippen LogP contribution in [0.15, 0.2) is 65.8 Å². The van der Waals surface area contributed by atoms with Gasteiger partial charge in [0.1, 0.15) is 23.2 Å². The van der Waals surface area contributed by atoms with Crippen LogP contribution in [0.2, 0.25) is 5.02 Å². The molecule has 2 amide bonds. The number of fused-ring (bicyclic) bond motifs is 1. The molecule has 0 aliphatic carbocycles. The molecule has 12 heteroatoms. The van der Waals surface area contributed by atoms with E-state index in [1.54, 1.807) is 24.3 Å². The minimum Gasteiger partial charge on any atom is -0.346 e. The molecule has 0 spiro atoms. The van der Waals surface area contributed by atoms with Crippen molar-refractivity contribution < 1.29 is 18.0 Å². The molecule has 0 saturated carbocycles. The van der Waals surface area contributed by atoms with Crippen LogP contribution in [0.5, 0.6) is 0 Å². The summed E-state index contributed by atoms with van der Waals surface area (Å²) in [4.78, 5) is 35.3. The predicted octanol–water partition coefficient (Wildman–Crippen LogP) is 5.38. The number of hydrogen-bond donors (Lipinski definition) is 4. The first kappa shape index (κ1) is 22.1. The molecule has 33 heavy (non-hydrogen) atoms. The molecule has 0 saturated heterocycles. The van der Waals surface area contributed by atoms with Crippen LogP contribution in [0, 0.1) is 0 Å². The van der Waals surface area contributed by atoms with Crippen molar-refractivity contribution in [1.82, 2.24) is 15.0 Å². The zero-order valence-electron chi connectivity index (χ0n) is 16.5. The molecule has 0 aliphatic heterocycles. The summed E-state index contributed by atoms with van der Waals surface area (Å²) < 4.78 is 38.9. The van der Waals surface area contributed by atoms with Crippen LogP contribution in [-0.4, -0.2) is 21.0 Å². The van der Waals surface area contributed by atoms with Crippen LogP contribution in [0.1, 0.15) is 5.56 Å². The minimum atomic E-state index is -4.64. The van der Waals surface area contributed by atoms with E-state index < -0.39 is 22.8 Å². The first-order valence-corrected chi connectivity index (χ1v) is 9.73. The number of aromatic nitrogens is 3. The molecular formula is C21H14ClF3N6O2. The van der Waals surface area contributed by atoms with Crippen molar-refractivity contribution in [2.75, 3.05) is 16.0 Å². The molecule has 0 bridgehead atoms. The summed E-state index contributed by atoms with van der Waals surface area (Å²) in [6, 6.07) is 10.1. The number of nitrogens with one attached hydrogen (secondary N) is 4. The Balaban J connectivity index is 1.45. The van der Waals surface area contributed by atoms with E-state index in [0.29, 0.717) is 28.2 Å². The van der Waals surface area contributed by atoms with Crippen LogP contribution >= 0.6 is 11.6 Å². The van der Waals surface area contributed by atoms with Gasteiger partial charge < -0.3 is 20.9 Å². The summed E-state index contributed by atoms with van der Waals surface area (Å²) in [5, 5.41) is 7.70. The van der Waals surface area contributed by atoms with Gasteiger partial charge in [-0.1, -0.05) is 11.6 Å². The van der Waals surface area contributed by atoms with Gasteiger partial charge in [-0.3, -0.25) is 4.79 Å². The Labute approximate surface area is 188 Å². The first-order valence-electron chi connectivity index (χ1n) is 9.35. The maximum absolute atomic E-state index is 13.0. The summed E-state index contributed by atoms with van der Waals surface area (Å²) >= 11 is 5.58. The highest BCUT2D eigenvalue weighted by atomic mass is 35.5. The van der Waals surface area contributed by atoms with E-state index in [1.807, 2.05) is 0 Å². The van der Waals surface area contributed by atoms with Gasteiger partial charge in [-0.15, -0.1) is 0 Å². The Morgan fingerprint density at radius 3 is 2.33 bits per heavy atom. The molecule has 168 valence electrons. The van der Waals surface area contributed by atoms with Crippen molar-refractivity contribution in [3.8, 4) is 0 Å². The molecule has 2 aromatic heterocycles. The molecule has 4 aromatic rings. The molecule has 0 radical (unpaired) electrons. The lowest BCUT2D eigenvalue weighted by molar-refractivity contribution is -0.137. The maximum atomic E-state index is 13.0. The molecule has 0 atom stereocenters. The monoisotopic (exact) mass is 474 g/mol. The fourth-order valence-electron chi connectivity index (χ4n) is 2.99. The number of anilines is 4. The Morgan fingerprint density at radius 1 is 0.939 bits per heavy atom. The summed E-state index contributed by atoms with van der Waals surface area (Å²) in [7, 11) is 0. The van der Waals surface area contributed by atoms with Crippen LogP contribution in [0.4, 0.5) is 40.8 Å². The fourth-order valence-corrected chi connectivity index (χ4v) is 3.21. The molecular weight excluding hydrogens is 461 g/mol. The molecule has 4 N–H and O–H groups in total. The van der Waals surface area contributed by atoms with Crippen molar-refractivity contribution >= 4 is 51.5 Å². The van der Waals surface area contributed by atoms with Crippen molar-refractivity contribution in [3.05, 3.63) is 81.9 Å². The van der Waals surface area contributed by atoms with Gasteiger partial charge in [-0.2, -0.15) is 13.2 Å². The van der Waals surface area contributed by atoms with E-state index in [1.165, 1.54) is 24.7 Å². The number of carbonyl (C=O) groups excluding carboxylic acids is 1. The number of carbonyl (C=O) groups is 1. The lowest BCUT2D eigenvalue weighted by Crippen LogP contribution is -2.20. The first-order chi connectivity index (χ1) is 15.7. The quantitative estimate of drug-likeness (QED) is 0.317. The number of amides is 2. The number of pyridine rings is 1. The maximum Gasteiger partial charge on any atom is 0.417 e. The van der Waals surface area contributed by atoms with Gasteiger partial charge in [-0.05, 0) is 42.5 Å². The van der Waals surface area contributed by atoms with Crippen LogP contribution in [0.3, 0.4) is 0 Å². The minimum absolute atomic E-state index is 0.0663. The van der Waals surface area contributed by atoms with Crippen molar-refractivity contribution in [1.29, 1.82) is 0 Å². The zero-order chi connectivity index (χ0) is 23.6. The standard InChI is InChI=1S/C21H14ClF3N6O2/c22-15-6-5-13(9-14(15)21(23,24)25)31-20(33)30-12-3-1-11(2-4-12)29-19-17-16(32)7-8-26-18(17)27-10-28-19/h1-10H,(H2,30,31,33)(H2,26,27,28,29,32). The largest absolute Gasteiger partial charge is 0.417 e. The van der Waals surface area contributed by atoms with Crippen molar-refractivity contribution in [2.45, 2.75) is 6.18 Å². The van der Waals surface area contributed by atoms with Gasteiger partial charge in [-0.25, -0.2) is 14.8 Å². The number of nitrogens with zero attached hydrogens (tertiary/aromatic N) is 2. The molecule has 8 nitrogen and oxygen atoms in total. The lowest BCUT2D eigenvalue weighted by Gasteiger charge is -2.13. The third-order valence-corrected chi connectivity index (χ3v) is 4.81. The Morgan fingerprint density at radius 2 is 1.61 bits per heavy atom. The number of aromatic amines is 1. The summed E-state index contributed by atoms with van der Waals surface area (Å²) in [6.45, 7) is 0. The van der Waals surface area contributed by atoms with Gasteiger partial charge >= 0.3 is 12.2 Å². The number of halogens is 4. The van der Waals surface area contributed by atoms with E-state index >= 15 is 0 Å². The topological polar surface area (TPSA) is 112 Å². The second-order valence-electron chi connectivity index (χ2n) is 6.76. The highest BCUT2D eigenvalue weighted by Gasteiger charge is 2.33. The third-order valence-electron chi connectivity index (χ3n) is 4.48.